The molecule has 0 unspecified atom stereocenters. The Morgan fingerprint density at radius 3 is 2.38 bits per heavy atom. The van der Waals surface area contributed by atoms with Crippen LogP contribution in [0.5, 0.6) is 0 Å². The molecule has 0 saturated heterocycles. The predicted molar refractivity (Wildman–Crippen MR) is 93.8 cm³/mol. The highest BCUT2D eigenvalue weighted by molar-refractivity contribution is 7.92. The first kappa shape index (κ1) is 17.7. The summed E-state index contributed by atoms with van der Waals surface area (Å²) in [6.45, 7) is 3.22. The van der Waals surface area contributed by atoms with Gasteiger partial charge >= 0.3 is 0 Å². The van der Waals surface area contributed by atoms with Crippen molar-refractivity contribution in [2.75, 3.05) is 21.1 Å². The number of nitrogens with zero attached hydrogens (tertiary/aromatic N) is 2. The number of aromatic nitrogens is 2. The third-order valence-corrected chi connectivity index (χ3v) is 4.32. The lowest BCUT2D eigenvalue weighted by molar-refractivity contribution is -0.114. The van der Waals surface area contributed by atoms with Crippen molar-refractivity contribution in [3.8, 4) is 0 Å². The molecule has 1 heterocycles. The van der Waals surface area contributed by atoms with Crippen molar-refractivity contribution in [3.05, 3.63) is 36.4 Å². The molecule has 1 aromatic heterocycles. The Morgan fingerprint density at radius 1 is 1.08 bits per heavy atom. The molecular formula is C15H19N5O3S. The SMILES string of the molecule is CCCS(=O)(=O)Nc1ccc(Nc2cccc(NC(C)=O)c2)nn1. The Morgan fingerprint density at radius 2 is 1.75 bits per heavy atom. The van der Waals surface area contributed by atoms with E-state index in [1.807, 2.05) is 6.07 Å². The second-order valence-electron chi connectivity index (χ2n) is 5.11. The van der Waals surface area contributed by atoms with Crippen molar-refractivity contribution in [3.63, 3.8) is 0 Å². The molecule has 128 valence electrons. The van der Waals surface area contributed by atoms with Gasteiger partial charge in [-0.2, -0.15) is 0 Å². The number of hydrogen-bond donors (Lipinski definition) is 3. The minimum absolute atomic E-state index is 0.0324. The standard InChI is InChI=1S/C15H19N5O3S/c1-3-9-24(22,23)20-15-8-7-14(18-19-15)17-13-6-4-5-12(10-13)16-11(2)21/h4-8,10H,3,9H2,1-2H3,(H,16,21)(H,17,18)(H,19,20). The van der Waals surface area contributed by atoms with Gasteiger partial charge in [0.05, 0.1) is 5.75 Å². The Balaban J connectivity index is 2.05. The maximum atomic E-state index is 11.7. The fourth-order valence-electron chi connectivity index (χ4n) is 1.96. The number of sulfonamides is 1. The Bertz CT molecular complexity index is 806. The summed E-state index contributed by atoms with van der Waals surface area (Å²) in [6, 6.07) is 10.3. The van der Waals surface area contributed by atoms with Crippen molar-refractivity contribution >= 4 is 38.9 Å². The van der Waals surface area contributed by atoms with Crippen LogP contribution in [0.2, 0.25) is 0 Å². The van der Waals surface area contributed by atoms with E-state index < -0.39 is 10.0 Å². The average molecular weight is 349 g/mol. The monoisotopic (exact) mass is 349 g/mol. The zero-order chi connectivity index (χ0) is 17.6. The van der Waals surface area contributed by atoms with Gasteiger partial charge in [-0.05, 0) is 36.8 Å². The van der Waals surface area contributed by atoms with E-state index in [0.717, 1.165) is 5.69 Å². The molecular weight excluding hydrogens is 330 g/mol. The van der Waals surface area contributed by atoms with Crippen LogP contribution in [0.3, 0.4) is 0 Å². The number of hydrogen-bond acceptors (Lipinski definition) is 6. The molecule has 24 heavy (non-hydrogen) atoms. The lowest BCUT2D eigenvalue weighted by atomic mass is 10.2. The number of carbonyl (C=O) groups is 1. The number of carbonyl (C=O) groups excluding carboxylic acids is 1. The van der Waals surface area contributed by atoms with E-state index in [-0.39, 0.29) is 17.5 Å². The van der Waals surface area contributed by atoms with Crippen molar-refractivity contribution in [1.29, 1.82) is 0 Å². The van der Waals surface area contributed by atoms with E-state index >= 15 is 0 Å². The van der Waals surface area contributed by atoms with Crippen LogP contribution in [-0.2, 0) is 14.8 Å². The molecule has 0 fully saturated rings. The topological polar surface area (TPSA) is 113 Å². The highest BCUT2D eigenvalue weighted by Crippen LogP contribution is 2.19. The fraction of sp³-hybridized carbons (Fsp3) is 0.267. The number of anilines is 4. The molecule has 0 aliphatic rings. The van der Waals surface area contributed by atoms with Gasteiger partial charge in [-0.3, -0.25) is 9.52 Å². The molecule has 8 nitrogen and oxygen atoms in total. The molecule has 9 heteroatoms. The third kappa shape index (κ3) is 5.51. The van der Waals surface area contributed by atoms with Gasteiger partial charge < -0.3 is 10.6 Å². The van der Waals surface area contributed by atoms with E-state index in [0.29, 0.717) is 17.9 Å². The number of nitrogens with one attached hydrogen (secondary N) is 3. The maximum absolute atomic E-state index is 11.7. The van der Waals surface area contributed by atoms with Crippen LogP contribution in [0.4, 0.5) is 23.0 Å². The van der Waals surface area contributed by atoms with Crippen LogP contribution in [-0.4, -0.2) is 30.3 Å². The van der Waals surface area contributed by atoms with E-state index in [4.69, 9.17) is 0 Å². The summed E-state index contributed by atoms with van der Waals surface area (Å²) >= 11 is 0. The number of benzene rings is 1. The smallest absolute Gasteiger partial charge is 0.233 e. The Labute approximate surface area is 140 Å². The summed E-state index contributed by atoms with van der Waals surface area (Å²) in [5, 5.41) is 13.5. The molecule has 2 rings (SSSR count). The molecule has 2 aromatic rings. The van der Waals surface area contributed by atoms with Gasteiger partial charge in [0.25, 0.3) is 0 Å². The van der Waals surface area contributed by atoms with E-state index in [1.54, 1.807) is 31.2 Å². The van der Waals surface area contributed by atoms with E-state index in [2.05, 4.69) is 25.6 Å². The molecule has 0 aliphatic heterocycles. The summed E-state index contributed by atoms with van der Waals surface area (Å²) in [7, 11) is -3.39. The second-order valence-corrected chi connectivity index (χ2v) is 6.95. The predicted octanol–water partition coefficient (Wildman–Crippen LogP) is 2.33. The maximum Gasteiger partial charge on any atom is 0.233 e. The van der Waals surface area contributed by atoms with Crippen molar-refractivity contribution in [2.45, 2.75) is 20.3 Å². The third-order valence-electron chi connectivity index (χ3n) is 2.85. The molecule has 1 aromatic carbocycles. The zero-order valence-corrected chi connectivity index (χ0v) is 14.2. The van der Waals surface area contributed by atoms with Gasteiger partial charge in [-0.15, -0.1) is 10.2 Å². The molecule has 3 N–H and O–H groups in total. The van der Waals surface area contributed by atoms with Crippen molar-refractivity contribution in [1.82, 2.24) is 10.2 Å². The summed E-state index contributed by atoms with van der Waals surface area (Å²) in [6.07, 6.45) is 0.521. The second kappa shape index (κ2) is 7.73. The Hall–Kier alpha value is -2.68. The lowest BCUT2D eigenvalue weighted by Crippen LogP contribution is -2.17. The first-order chi connectivity index (χ1) is 11.4. The first-order valence-corrected chi connectivity index (χ1v) is 9.02. The largest absolute Gasteiger partial charge is 0.339 e. The minimum Gasteiger partial charge on any atom is -0.339 e. The summed E-state index contributed by atoms with van der Waals surface area (Å²) in [5.41, 5.74) is 1.37. The summed E-state index contributed by atoms with van der Waals surface area (Å²) in [4.78, 5) is 11.1. The van der Waals surface area contributed by atoms with Crippen LogP contribution in [0.1, 0.15) is 20.3 Å². The van der Waals surface area contributed by atoms with Gasteiger partial charge in [0, 0.05) is 18.3 Å². The molecule has 0 aliphatic carbocycles. The van der Waals surface area contributed by atoms with Gasteiger partial charge in [-0.25, -0.2) is 8.42 Å². The molecule has 0 saturated carbocycles. The van der Waals surface area contributed by atoms with Gasteiger partial charge in [0.15, 0.2) is 11.6 Å². The molecule has 0 radical (unpaired) electrons. The van der Waals surface area contributed by atoms with Crippen LogP contribution in [0.15, 0.2) is 36.4 Å². The normalized spacial score (nSPS) is 10.9. The fourth-order valence-corrected chi connectivity index (χ4v) is 3.03. The van der Waals surface area contributed by atoms with Crippen LogP contribution in [0.25, 0.3) is 0 Å². The highest BCUT2D eigenvalue weighted by atomic mass is 32.2. The minimum atomic E-state index is -3.39. The summed E-state index contributed by atoms with van der Waals surface area (Å²) in [5.74, 6) is 0.495. The van der Waals surface area contributed by atoms with Crippen molar-refractivity contribution < 1.29 is 13.2 Å². The number of amides is 1. The number of rotatable bonds is 7. The van der Waals surface area contributed by atoms with Crippen LogP contribution >= 0.6 is 0 Å². The van der Waals surface area contributed by atoms with Gasteiger partial charge in [0.2, 0.25) is 15.9 Å². The zero-order valence-electron chi connectivity index (χ0n) is 13.4. The molecule has 1 amide bonds. The van der Waals surface area contributed by atoms with Gasteiger partial charge in [0.1, 0.15) is 0 Å². The first-order valence-electron chi connectivity index (χ1n) is 7.37. The van der Waals surface area contributed by atoms with Gasteiger partial charge in [-0.1, -0.05) is 13.0 Å². The quantitative estimate of drug-likeness (QED) is 0.707. The van der Waals surface area contributed by atoms with E-state index in [1.165, 1.54) is 13.0 Å². The van der Waals surface area contributed by atoms with Crippen molar-refractivity contribution in [2.24, 2.45) is 0 Å². The average Bonchev–Trinajstić information content (AvgIpc) is 2.48. The Kier molecular flexibility index (Phi) is 5.69. The highest BCUT2D eigenvalue weighted by Gasteiger charge is 2.10. The van der Waals surface area contributed by atoms with E-state index in [9.17, 15) is 13.2 Å². The summed E-state index contributed by atoms with van der Waals surface area (Å²) < 4.78 is 25.7. The van der Waals surface area contributed by atoms with Crippen LogP contribution < -0.4 is 15.4 Å². The van der Waals surface area contributed by atoms with Crippen LogP contribution in [0, 0.1) is 0 Å². The molecule has 0 spiro atoms. The lowest BCUT2D eigenvalue weighted by Gasteiger charge is -2.09. The molecule has 0 atom stereocenters. The molecule has 0 bridgehead atoms.